The molecule has 1 atom stereocenters. The molecule has 0 spiro atoms. The molecule has 0 amide bonds. The van der Waals surface area contributed by atoms with Crippen LogP contribution in [0.15, 0.2) is 113 Å². The Hall–Kier alpha value is -3.99. The minimum atomic E-state index is 0.440. The van der Waals surface area contributed by atoms with Gasteiger partial charge in [-0.2, -0.15) is 0 Å². The number of thiophene rings is 1. The summed E-state index contributed by atoms with van der Waals surface area (Å²) in [6, 6.07) is 31.1. The summed E-state index contributed by atoms with van der Waals surface area (Å²) in [6.45, 7) is 0. The zero-order chi connectivity index (χ0) is 26.2. The van der Waals surface area contributed by atoms with E-state index < -0.39 is 0 Å². The van der Waals surface area contributed by atoms with Gasteiger partial charge in [-0.15, -0.1) is 11.3 Å². The summed E-state index contributed by atoms with van der Waals surface area (Å²) in [5, 5.41) is 7.73. The van der Waals surface area contributed by atoms with Gasteiger partial charge in [0.05, 0.1) is 16.7 Å². The summed E-state index contributed by atoms with van der Waals surface area (Å²) in [5.41, 5.74) is 9.01. The summed E-state index contributed by atoms with van der Waals surface area (Å²) in [7, 11) is 0. The van der Waals surface area contributed by atoms with Crippen molar-refractivity contribution in [3.8, 4) is 0 Å². The van der Waals surface area contributed by atoms with E-state index in [0.29, 0.717) is 5.92 Å². The van der Waals surface area contributed by atoms with E-state index in [1.165, 1.54) is 63.4 Å². The van der Waals surface area contributed by atoms with Crippen LogP contribution in [0.2, 0.25) is 0 Å². The van der Waals surface area contributed by atoms with Gasteiger partial charge in [0.2, 0.25) is 0 Å². The number of allylic oxidation sites excluding steroid dienone is 5. The Balaban J connectivity index is 1.34. The van der Waals surface area contributed by atoms with E-state index in [-0.39, 0.29) is 0 Å². The summed E-state index contributed by atoms with van der Waals surface area (Å²) >= 11 is 3.96. The number of fused-ring (bicyclic) bond motifs is 10. The molecule has 2 nitrogen and oxygen atoms in total. The van der Waals surface area contributed by atoms with E-state index in [1.54, 1.807) is 0 Å². The number of hydrogen-bond donors (Lipinski definition) is 1. The molecule has 6 aromatic rings. The molecule has 1 aliphatic heterocycles. The van der Waals surface area contributed by atoms with Gasteiger partial charge >= 0.3 is 0 Å². The zero-order valence-electron chi connectivity index (χ0n) is 21.9. The van der Waals surface area contributed by atoms with E-state index >= 15 is 0 Å². The molecule has 4 heteroatoms. The number of para-hydroxylation sites is 1. The van der Waals surface area contributed by atoms with Gasteiger partial charge in [0.25, 0.3) is 0 Å². The van der Waals surface area contributed by atoms with Crippen LogP contribution in [0, 0.1) is 0 Å². The van der Waals surface area contributed by atoms with Gasteiger partial charge in [0, 0.05) is 52.8 Å². The smallest absolute Gasteiger partial charge is 0.0563 e. The first-order chi connectivity index (χ1) is 19.8. The number of aromatic nitrogens is 1. The van der Waals surface area contributed by atoms with Crippen molar-refractivity contribution in [2.45, 2.75) is 30.1 Å². The average Bonchev–Trinajstić information content (AvgIpc) is 3.67. The van der Waals surface area contributed by atoms with E-state index in [2.05, 4.69) is 119 Å². The molecule has 0 saturated heterocycles. The van der Waals surface area contributed by atoms with Crippen molar-refractivity contribution in [2.24, 2.45) is 0 Å². The highest BCUT2D eigenvalue weighted by Crippen LogP contribution is 2.55. The van der Waals surface area contributed by atoms with Crippen LogP contribution in [0.4, 0.5) is 11.4 Å². The molecule has 9 rings (SSSR count). The van der Waals surface area contributed by atoms with Crippen LogP contribution in [-0.4, -0.2) is 4.57 Å². The molecule has 0 radical (unpaired) electrons. The van der Waals surface area contributed by atoms with E-state index in [9.17, 15) is 0 Å². The van der Waals surface area contributed by atoms with Gasteiger partial charge in [-0.1, -0.05) is 72.5 Å². The summed E-state index contributed by atoms with van der Waals surface area (Å²) in [4.78, 5) is 4.40. The van der Waals surface area contributed by atoms with Crippen LogP contribution in [0.5, 0.6) is 0 Å². The largest absolute Gasteiger partial charge is 0.356 e. The number of nitrogens with one attached hydrogen (secondary N) is 1. The lowest BCUT2D eigenvalue weighted by Crippen LogP contribution is -2.05. The lowest BCUT2D eigenvalue weighted by molar-refractivity contribution is 0.833. The fourth-order valence-corrected chi connectivity index (χ4v) is 9.48. The third-order valence-electron chi connectivity index (χ3n) is 8.56. The first-order valence-corrected chi connectivity index (χ1v) is 15.7. The first kappa shape index (κ1) is 22.8. The highest BCUT2D eigenvalue weighted by molar-refractivity contribution is 8.03. The molecule has 3 heterocycles. The van der Waals surface area contributed by atoms with Gasteiger partial charge in [0.15, 0.2) is 0 Å². The number of hydrogen-bond acceptors (Lipinski definition) is 3. The normalized spacial score (nSPS) is 17.6. The molecule has 2 aromatic heterocycles. The molecular weight excluding hydrogens is 525 g/mol. The Morgan fingerprint density at radius 3 is 2.60 bits per heavy atom. The second-order valence-electron chi connectivity index (χ2n) is 10.9. The summed E-state index contributed by atoms with van der Waals surface area (Å²) in [5.74, 6) is 0.440. The Labute approximate surface area is 241 Å². The standard InChI is InChI=1S/C36H26N2S2/c1-2-9-22(10-3-1)37-23-17-19-29-28(21-23)34-30(20-18-27-25-12-5-7-16-33(25)40-36(27)34)38(29)31-14-8-13-26-24-11-4-6-15-32(24)39-35(26)31/h1-6,8-12,14-15,17-21,26,37H,7,13,16H2. The molecule has 1 unspecified atom stereocenters. The predicted octanol–water partition coefficient (Wildman–Crippen LogP) is 10.7. The molecule has 1 N–H and O–H groups in total. The van der Waals surface area contributed by atoms with Crippen molar-refractivity contribution >= 4 is 78.1 Å². The molecule has 0 fully saturated rings. The molecule has 192 valence electrons. The number of thioether (sulfide) groups is 1. The Morgan fingerprint density at radius 1 is 0.775 bits per heavy atom. The van der Waals surface area contributed by atoms with Crippen LogP contribution in [0.3, 0.4) is 0 Å². The topological polar surface area (TPSA) is 17.0 Å². The van der Waals surface area contributed by atoms with E-state index in [4.69, 9.17) is 0 Å². The maximum atomic E-state index is 3.65. The Bertz CT molecular complexity index is 2090. The lowest BCUT2D eigenvalue weighted by atomic mass is 9.91. The monoisotopic (exact) mass is 550 g/mol. The van der Waals surface area contributed by atoms with Crippen molar-refractivity contribution in [2.75, 3.05) is 5.32 Å². The average molecular weight is 551 g/mol. The lowest BCUT2D eigenvalue weighted by Gasteiger charge is -2.21. The van der Waals surface area contributed by atoms with Gasteiger partial charge in [-0.3, -0.25) is 0 Å². The van der Waals surface area contributed by atoms with Crippen molar-refractivity contribution in [3.63, 3.8) is 0 Å². The van der Waals surface area contributed by atoms with Gasteiger partial charge < -0.3 is 9.88 Å². The van der Waals surface area contributed by atoms with Gasteiger partial charge in [0.1, 0.15) is 0 Å². The van der Waals surface area contributed by atoms with E-state index in [1.807, 2.05) is 23.1 Å². The fourth-order valence-electron chi connectivity index (χ4n) is 6.78. The molecule has 3 aliphatic rings. The third kappa shape index (κ3) is 3.30. The molecule has 40 heavy (non-hydrogen) atoms. The second kappa shape index (κ2) is 8.76. The van der Waals surface area contributed by atoms with Gasteiger partial charge in [-0.05, 0) is 78.9 Å². The van der Waals surface area contributed by atoms with Crippen LogP contribution in [0.25, 0.3) is 43.7 Å². The number of benzene rings is 4. The van der Waals surface area contributed by atoms with Crippen LogP contribution < -0.4 is 5.32 Å². The Kier molecular flexibility index (Phi) is 4.99. The van der Waals surface area contributed by atoms with Crippen LogP contribution >= 0.6 is 23.1 Å². The molecule has 4 aromatic carbocycles. The number of nitrogens with zero attached hydrogens (tertiary/aromatic N) is 1. The fraction of sp³-hybridized carbons (Fsp3) is 0.111. The maximum absolute atomic E-state index is 3.65. The quantitative estimate of drug-likeness (QED) is 0.236. The number of rotatable bonds is 3. The molecule has 2 aliphatic carbocycles. The maximum Gasteiger partial charge on any atom is 0.0563 e. The number of anilines is 2. The predicted molar refractivity (Wildman–Crippen MR) is 174 cm³/mol. The Morgan fingerprint density at radius 2 is 1.65 bits per heavy atom. The van der Waals surface area contributed by atoms with Crippen molar-refractivity contribution in [3.05, 3.63) is 124 Å². The molecule has 0 bridgehead atoms. The first-order valence-electron chi connectivity index (χ1n) is 14.0. The van der Waals surface area contributed by atoms with Crippen molar-refractivity contribution < 1.29 is 0 Å². The third-order valence-corrected chi connectivity index (χ3v) is 11.2. The van der Waals surface area contributed by atoms with Crippen LogP contribution in [0.1, 0.15) is 34.8 Å². The second-order valence-corrected chi connectivity index (χ2v) is 13.0. The zero-order valence-corrected chi connectivity index (χ0v) is 23.5. The highest BCUT2D eigenvalue weighted by Gasteiger charge is 2.33. The minimum Gasteiger partial charge on any atom is -0.356 e. The van der Waals surface area contributed by atoms with Crippen molar-refractivity contribution in [1.29, 1.82) is 0 Å². The summed E-state index contributed by atoms with van der Waals surface area (Å²) in [6.07, 6.45) is 12.8. The highest BCUT2D eigenvalue weighted by atomic mass is 32.2. The van der Waals surface area contributed by atoms with E-state index in [0.717, 1.165) is 30.6 Å². The number of aryl methyl sites for hydroxylation is 1. The van der Waals surface area contributed by atoms with Crippen molar-refractivity contribution in [1.82, 2.24) is 4.57 Å². The summed E-state index contributed by atoms with van der Waals surface area (Å²) < 4.78 is 3.96. The van der Waals surface area contributed by atoms with Gasteiger partial charge in [-0.25, -0.2) is 0 Å². The molecule has 0 saturated carbocycles. The SMILES string of the molecule is C1=Cc2c(sc3c2ccc2c3c3cc(Nc4ccccc4)ccc3n2C2=C3Sc4ccccc4C3CC=C2)CC1. The minimum absolute atomic E-state index is 0.440. The van der Waals surface area contributed by atoms with Crippen LogP contribution in [-0.2, 0) is 6.42 Å². The molecular formula is C36H26N2S2.